The highest BCUT2D eigenvalue weighted by atomic mass is 19.1. The van der Waals surface area contributed by atoms with Crippen LogP contribution in [0.2, 0.25) is 0 Å². The predicted molar refractivity (Wildman–Crippen MR) is 107 cm³/mol. The van der Waals surface area contributed by atoms with Crippen molar-refractivity contribution in [2.75, 3.05) is 23.8 Å². The number of ether oxygens (including phenoxy) is 2. The SMILES string of the molecule is O=C(Nc1cccc(F)c1)C1CCC(C(=O)Nc2ccc3c(c2)OCCO3)CC1. The van der Waals surface area contributed by atoms with Crippen molar-refractivity contribution in [3.63, 3.8) is 0 Å². The van der Waals surface area contributed by atoms with E-state index >= 15 is 0 Å². The summed E-state index contributed by atoms with van der Waals surface area (Å²) >= 11 is 0. The second kappa shape index (κ2) is 8.51. The molecule has 1 saturated carbocycles. The molecule has 2 aliphatic rings. The fraction of sp³-hybridized carbons (Fsp3) is 0.364. The van der Waals surface area contributed by atoms with Crippen LogP contribution >= 0.6 is 0 Å². The van der Waals surface area contributed by atoms with Crippen molar-refractivity contribution in [1.29, 1.82) is 0 Å². The molecule has 7 heteroatoms. The molecule has 0 radical (unpaired) electrons. The fourth-order valence-corrected chi connectivity index (χ4v) is 3.79. The van der Waals surface area contributed by atoms with Gasteiger partial charge in [-0.25, -0.2) is 4.39 Å². The molecular formula is C22H23FN2O4. The van der Waals surface area contributed by atoms with E-state index in [0.29, 0.717) is 61.8 Å². The van der Waals surface area contributed by atoms with Crippen LogP contribution in [-0.4, -0.2) is 25.0 Å². The first-order chi connectivity index (χ1) is 14.1. The number of anilines is 2. The standard InChI is InChI=1S/C22H23FN2O4/c23-16-2-1-3-17(12-16)24-21(26)14-4-6-15(7-5-14)22(27)25-18-8-9-19-20(13-18)29-11-10-28-19/h1-3,8-9,12-15H,4-7,10-11H2,(H,24,26)(H,25,27). The Kier molecular flexibility index (Phi) is 5.64. The van der Waals surface area contributed by atoms with E-state index in [2.05, 4.69) is 10.6 Å². The van der Waals surface area contributed by atoms with E-state index in [-0.39, 0.29) is 29.5 Å². The molecule has 1 aliphatic heterocycles. The molecule has 6 nitrogen and oxygen atoms in total. The van der Waals surface area contributed by atoms with Gasteiger partial charge in [0.05, 0.1) is 0 Å². The van der Waals surface area contributed by atoms with E-state index in [1.54, 1.807) is 30.3 Å². The van der Waals surface area contributed by atoms with E-state index in [1.165, 1.54) is 12.1 Å². The number of fused-ring (bicyclic) bond motifs is 1. The molecule has 1 aliphatic carbocycles. The third-order valence-electron chi connectivity index (χ3n) is 5.37. The van der Waals surface area contributed by atoms with Gasteiger partial charge in [0, 0.05) is 29.3 Å². The highest BCUT2D eigenvalue weighted by Crippen LogP contribution is 2.34. The van der Waals surface area contributed by atoms with Crippen LogP contribution in [0.5, 0.6) is 11.5 Å². The molecule has 0 spiro atoms. The first kappa shape index (κ1) is 19.2. The van der Waals surface area contributed by atoms with Crippen LogP contribution in [0.1, 0.15) is 25.7 Å². The molecule has 2 amide bonds. The van der Waals surface area contributed by atoms with E-state index in [1.807, 2.05) is 0 Å². The molecule has 152 valence electrons. The fourth-order valence-electron chi connectivity index (χ4n) is 3.79. The summed E-state index contributed by atoms with van der Waals surface area (Å²) in [5.41, 5.74) is 1.12. The van der Waals surface area contributed by atoms with Gasteiger partial charge in [-0.1, -0.05) is 6.07 Å². The Bertz CT molecular complexity index is 909. The number of amides is 2. The van der Waals surface area contributed by atoms with Gasteiger partial charge >= 0.3 is 0 Å². The zero-order valence-corrected chi connectivity index (χ0v) is 15.9. The molecular weight excluding hydrogens is 375 g/mol. The molecule has 0 saturated heterocycles. The maximum Gasteiger partial charge on any atom is 0.227 e. The van der Waals surface area contributed by atoms with Crippen LogP contribution < -0.4 is 20.1 Å². The summed E-state index contributed by atoms with van der Waals surface area (Å²) in [6.07, 6.45) is 2.52. The van der Waals surface area contributed by atoms with E-state index in [4.69, 9.17) is 9.47 Å². The minimum absolute atomic E-state index is 0.0503. The number of carbonyl (C=O) groups is 2. The van der Waals surface area contributed by atoms with Gasteiger partial charge in [0.25, 0.3) is 0 Å². The summed E-state index contributed by atoms with van der Waals surface area (Å²) in [5.74, 6) is 0.443. The Morgan fingerprint density at radius 1 is 0.793 bits per heavy atom. The molecule has 4 rings (SSSR count). The topological polar surface area (TPSA) is 76.7 Å². The van der Waals surface area contributed by atoms with Gasteiger partial charge in [0.2, 0.25) is 11.8 Å². The minimum Gasteiger partial charge on any atom is -0.486 e. The van der Waals surface area contributed by atoms with Gasteiger partial charge in [0.15, 0.2) is 11.5 Å². The van der Waals surface area contributed by atoms with Crippen molar-refractivity contribution in [2.45, 2.75) is 25.7 Å². The second-order valence-corrected chi connectivity index (χ2v) is 7.40. The van der Waals surface area contributed by atoms with Gasteiger partial charge in [-0.15, -0.1) is 0 Å². The first-order valence-corrected chi connectivity index (χ1v) is 9.85. The second-order valence-electron chi connectivity index (χ2n) is 7.40. The summed E-state index contributed by atoms with van der Waals surface area (Å²) in [5, 5.41) is 5.70. The quantitative estimate of drug-likeness (QED) is 0.817. The van der Waals surface area contributed by atoms with E-state index in [9.17, 15) is 14.0 Å². The summed E-state index contributed by atoms with van der Waals surface area (Å²) < 4.78 is 24.3. The lowest BCUT2D eigenvalue weighted by molar-refractivity contribution is -0.125. The number of carbonyl (C=O) groups excluding carboxylic acids is 2. The zero-order valence-electron chi connectivity index (χ0n) is 15.9. The first-order valence-electron chi connectivity index (χ1n) is 9.85. The molecule has 1 fully saturated rings. The average molecular weight is 398 g/mol. The molecule has 2 aromatic rings. The van der Waals surface area contributed by atoms with Crippen LogP contribution in [0.15, 0.2) is 42.5 Å². The maximum atomic E-state index is 13.3. The van der Waals surface area contributed by atoms with Gasteiger partial charge in [0.1, 0.15) is 19.0 Å². The summed E-state index contributed by atoms with van der Waals surface area (Å²) in [6.45, 7) is 1.01. The highest BCUT2D eigenvalue weighted by Gasteiger charge is 2.30. The molecule has 1 heterocycles. The molecule has 0 bridgehead atoms. The molecule has 0 atom stereocenters. The van der Waals surface area contributed by atoms with Gasteiger partial charge in [-0.2, -0.15) is 0 Å². The number of rotatable bonds is 4. The Morgan fingerprint density at radius 2 is 1.38 bits per heavy atom. The number of benzene rings is 2. The molecule has 2 aromatic carbocycles. The van der Waals surface area contributed by atoms with E-state index in [0.717, 1.165) is 0 Å². The highest BCUT2D eigenvalue weighted by molar-refractivity contribution is 5.94. The van der Waals surface area contributed by atoms with Crippen molar-refractivity contribution in [1.82, 2.24) is 0 Å². The predicted octanol–water partition coefficient (Wildman–Crippen LogP) is 3.98. The van der Waals surface area contributed by atoms with Crippen LogP contribution in [0, 0.1) is 17.7 Å². The zero-order chi connectivity index (χ0) is 20.2. The third kappa shape index (κ3) is 4.67. The number of hydrogen-bond donors (Lipinski definition) is 2. The smallest absolute Gasteiger partial charge is 0.227 e. The summed E-state index contributed by atoms with van der Waals surface area (Å²) in [4.78, 5) is 25.0. The van der Waals surface area contributed by atoms with Crippen molar-refractivity contribution < 1.29 is 23.5 Å². The van der Waals surface area contributed by atoms with Crippen molar-refractivity contribution in [3.05, 3.63) is 48.3 Å². The van der Waals surface area contributed by atoms with Crippen LogP contribution in [0.25, 0.3) is 0 Å². The summed E-state index contributed by atoms with van der Waals surface area (Å²) in [6, 6.07) is 11.2. The Balaban J connectivity index is 1.29. The monoisotopic (exact) mass is 398 g/mol. The largest absolute Gasteiger partial charge is 0.486 e. The maximum absolute atomic E-state index is 13.3. The van der Waals surface area contributed by atoms with Crippen LogP contribution in [0.3, 0.4) is 0 Å². The third-order valence-corrected chi connectivity index (χ3v) is 5.37. The van der Waals surface area contributed by atoms with Gasteiger partial charge in [-0.3, -0.25) is 9.59 Å². The lowest BCUT2D eigenvalue weighted by atomic mass is 9.81. The average Bonchev–Trinajstić information content (AvgIpc) is 2.74. The Morgan fingerprint density at radius 3 is 2.00 bits per heavy atom. The summed E-state index contributed by atoms with van der Waals surface area (Å²) in [7, 11) is 0. The molecule has 29 heavy (non-hydrogen) atoms. The Labute approximate surface area is 168 Å². The lowest BCUT2D eigenvalue weighted by Gasteiger charge is -2.27. The van der Waals surface area contributed by atoms with E-state index < -0.39 is 0 Å². The van der Waals surface area contributed by atoms with Crippen LogP contribution in [0.4, 0.5) is 15.8 Å². The number of halogens is 1. The normalized spacial score (nSPS) is 20.6. The van der Waals surface area contributed by atoms with Gasteiger partial charge in [-0.05, 0) is 56.0 Å². The van der Waals surface area contributed by atoms with Crippen LogP contribution in [-0.2, 0) is 9.59 Å². The molecule has 0 unspecified atom stereocenters. The minimum atomic E-state index is -0.387. The number of hydrogen-bond acceptors (Lipinski definition) is 4. The Hall–Kier alpha value is -3.09. The van der Waals surface area contributed by atoms with Crippen molar-refractivity contribution in [3.8, 4) is 11.5 Å². The number of nitrogens with one attached hydrogen (secondary N) is 2. The molecule has 2 N–H and O–H groups in total. The molecule has 0 aromatic heterocycles. The van der Waals surface area contributed by atoms with Gasteiger partial charge < -0.3 is 20.1 Å². The van der Waals surface area contributed by atoms with Crippen molar-refractivity contribution in [2.24, 2.45) is 11.8 Å². The van der Waals surface area contributed by atoms with Crippen molar-refractivity contribution >= 4 is 23.2 Å². The lowest BCUT2D eigenvalue weighted by Crippen LogP contribution is -2.32.